The molecule has 0 aliphatic carbocycles. The largest absolute Gasteiger partial charge is 0.493 e. The molecule has 0 bridgehead atoms. The fourth-order valence-corrected chi connectivity index (χ4v) is 1.66. The second kappa shape index (κ2) is 4.79. The molecule has 0 radical (unpaired) electrons. The number of ether oxygens (including phenoxy) is 2. The molecular weight excluding hydrogens is 238 g/mol. The van der Waals surface area contributed by atoms with Gasteiger partial charge in [0.15, 0.2) is 11.5 Å². The maximum absolute atomic E-state index is 11.0. The summed E-state index contributed by atoms with van der Waals surface area (Å²) in [7, 11) is 2.98. The minimum atomic E-state index is -1.11. The van der Waals surface area contributed by atoms with Crippen LogP contribution in [0.5, 0.6) is 11.5 Å². The number of hydrogen-bond donors (Lipinski definition) is 1. The van der Waals surface area contributed by atoms with Crippen LogP contribution in [0.1, 0.15) is 10.4 Å². The third-order valence-corrected chi connectivity index (χ3v) is 2.46. The maximum atomic E-state index is 11.0. The molecule has 0 unspecified atom stereocenters. The van der Waals surface area contributed by atoms with E-state index in [-0.39, 0.29) is 11.3 Å². The van der Waals surface area contributed by atoms with Crippen molar-refractivity contribution in [3.63, 3.8) is 0 Å². The van der Waals surface area contributed by atoms with E-state index in [9.17, 15) is 4.79 Å². The number of nitrogens with zero attached hydrogens (tertiary/aromatic N) is 1. The fourth-order valence-electron chi connectivity index (χ4n) is 1.66. The molecule has 18 heavy (non-hydrogen) atoms. The molecule has 1 aromatic carbocycles. The minimum absolute atomic E-state index is 0.0263. The van der Waals surface area contributed by atoms with E-state index in [1.807, 2.05) is 0 Å². The topological polar surface area (TPSA) is 81.8 Å². The average molecular weight is 249 g/mol. The minimum Gasteiger partial charge on any atom is -0.493 e. The SMILES string of the molecule is COc1cccc(-c2nocc2C(=O)O)c1OC. The highest BCUT2D eigenvalue weighted by molar-refractivity contribution is 5.95. The zero-order chi connectivity index (χ0) is 13.1. The van der Waals surface area contributed by atoms with Gasteiger partial charge < -0.3 is 19.1 Å². The van der Waals surface area contributed by atoms with E-state index in [0.29, 0.717) is 17.1 Å². The number of carboxylic acid groups (broad SMARTS) is 1. The highest BCUT2D eigenvalue weighted by Crippen LogP contribution is 2.38. The molecular formula is C12H11NO5. The van der Waals surface area contributed by atoms with Crippen LogP contribution in [-0.2, 0) is 0 Å². The third-order valence-electron chi connectivity index (χ3n) is 2.46. The monoisotopic (exact) mass is 249 g/mol. The van der Waals surface area contributed by atoms with E-state index in [2.05, 4.69) is 5.16 Å². The Morgan fingerprint density at radius 3 is 2.72 bits per heavy atom. The van der Waals surface area contributed by atoms with Gasteiger partial charge in [0, 0.05) is 0 Å². The molecule has 6 nitrogen and oxygen atoms in total. The predicted molar refractivity (Wildman–Crippen MR) is 62.0 cm³/mol. The molecule has 1 aromatic heterocycles. The van der Waals surface area contributed by atoms with Crippen molar-refractivity contribution in [3.8, 4) is 22.8 Å². The zero-order valence-corrected chi connectivity index (χ0v) is 9.84. The summed E-state index contributed by atoms with van der Waals surface area (Å²) in [6.07, 6.45) is 1.08. The fraction of sp³-hybridized carbons (Fsp3) is 0.167. The molecule has 1 heterocycles. The van der Waals surface area contributed by atoms with Gasteiger partial charge in [0.1, 0.15) is 17.5 Å². The molecule has 0 amide bonds. The molecule has 0 saturated heterocycles. The van der Waals surface area contributed by atoms with E-state index in [1.165, 1.54) is 14.2 Å². The van der Waals surface area contributed by atoms with Crippen molar-refractivity contribution in [1.82, 2.24) is 5.16 Å². The lowest BCUT2D eigenvalue weighted by Crippen LogP contribution is -1.99. The number of benzene rings is 1. The van der Waals surface area contributed by atoms with Gasteiger partial charge in [-0.3, -0.25) is 0 Å². The summed E-state index contributed by atoms with van der Waals surface area (Å²) in [6.45, 7) is 0. The second-order valence-corrected chi connectivity index (χ2v) is 3.42. The Morgan fingerprint density at radius 2 is 2.11 bits per heavy atom. The Bertz CT molecular complexity index is 576. The van der Waals surface area contributed by atoms with Gasteiger partial charge in [-0.2, -0.15) is 0 Å². The van der Waals surface area contributed by atoms with Crippen LogP contribution in [0.25, 0.3) is 11.3 Å². The number of methoxy groups -OCH3 is 2. The summed E-state index contributed by atoms with van der Waals surface area (Å²) < 4.78 is 15.1. The Balaban J connectivity index is 2.63. The van der Waals surface area contributed by atoms with Crippen LogP contribution in [0.4, 0.5) is 0 Å². The molecule has 1 N–H and O–H groups in total. The quantitative estimate of drug-likeness (QED) is 0.893. The van der Waals surface area contributed by atoms with Crippen LogP contribution in [0, 0.1) is 0 Å². The first-order valence-corrected chi connectivity index (χ1v) is 5.08. The van der Waals surface area contributed by atoms with Crippen LogP contribution in [0.2, 0.25) is 0 Å². The highest BCUT2D eigenvalue weighted by atomic mass is 16.5. The molecule has 0 spiro atoms. The van der Waals surface area contributed by atoms with Crippen molar-refractivity contribution < 1.29 is 23.9 Å². The summed E-state index contributed by atoms with van der Waals surface area (Å²) in [5.74, 6) is -0.207. The highest BCUT2D eigenvalue weighted by Gasteiger charge is 2.21. The van der Waals surface area contributed by atoms with Crippen molar-refractivity contribution in [1.29, 1.82) is 0 Å². The summed E-state index contributed by atoms with van der Waals surface area (Å²) >= 11 is 0. The Labute approximate surface area is 103 Å². The molecule has 0 aliphatic rings. The van der Waals surface area contributed by atoms with Gasteiger partial charge in [-0.05, 0) is 12.1 Å². The molecule has 6 heteroatoms. The van der Waals surface area contributed by atoms with E-state index in [1.54, 1.807) is 18.2 Å². The first-order chi connectivity index (χ1) is 8.69. The molecule has 0 atom stereocenters. The number of carbonyl (C=O) groups is 1. The third kappa shape index (κ3) is 1.88. The maximum Gasteiger partial charge on any atom is 0.341 e. The Hall–Kier alpha value is -2.50. The number of para-hydroxylation sites is 1. The molecule has 94 valence electrons. The normalized spacial score (nSPS) is 10.1. The van der Waals surface area contributed by atoms with Gasteiger partial charge in [-0.1, -0.05) is 11.2 Å². The van der Waals surface area contributed by atoms with Crippen molar-refractivity contribution in [3.05, 3.63) is 30.0 Å². The van der Waals surface area contributed by atoms with Gasteiger partial charge in [-0.25, -0.2) is 4.79 Å². The number of aromatic nitrogens is 1. The number of aromatic carboxylic acids is 1. The molecule has 0 saturated carbocycles. The summed E-state index contributed by atoms with van der Waals surface area (Å²) in [5, 5.41) is 12.7. The second-order valence-electron chi connectivity index (χ2n) is 3.42. The van der Waals surface area contributed by atoms with Crippen LogP contribution in [0.15, 0.2) is 29.0 Å². The summed E-state index contributed by atoms with van der Waals surface area (Å²) in [4.78, 5) is 11.0. The average Bonchev–Trinajstić information content (AvgIpc) is 2.86. The number of hydrogen-bond acceptors (Lipinski definition) is 5. The summed E-state index contributed by atoms with van der Waals surface area (Å²) in [5.41, 5.74) is 0.683. The van der Waals surface area contributed by atoms with Gasteiger partial charge >= 0.3 is 5.97 Å². The Morgan fingerprint density at radius 1 is 1.33 bits per heavy atom. The van der Waals surface area contributed by atoms with E-state index in [4.69, 9.17) is 19.1 Å². The smallest absolute Gasteiger partial charge is 0.341 e. The van der Waals surface area contributed by atoms with Gasteiger partial charge in [0.2, 0.25) is 0 Å². The standard InChI is InChI=1S/C12H11NO5/c1-16-9-5-3-4-7(11(9)17-2)10-8(12(14)15)6-18-13-10/h3-6H,1-2H3,(H,14,15). The molecule has 0 fully saturated rings. The van der Waals surface area contributed by atoms with Crippen molar-refractivity contribution in [2.45, 2.75) is 0 Å². The predicted octanol–water partition coefficient (Wildman–Crippen LogP) is 2.06. The van der Waals surface area contributed by atoms with E-state index >= 15 is 0 Å². The lowest BCUT2D eigenvalue weighted by molar-refractivity contribution is 0.0697. The first-order valence-electron chi connectivity index (χ1n) is 5.08. The first kappa shape index (κ1) is 12.0. The summed E-state index contributed by atoms with van der Waals surface area (Å²) in [6, 6.07) is 5.12. The van der Waals surface area contributed by atoms with Crippen molar-refractivity contribution >= 4 is 5.97 Å². The molecule has 2 rings (SSSR count). The molecule has 0 aliphatic heterocycles. The van der Waals surface area contributed by atoms with Crippen LogP contribution >= 0.6 is 0 Å². The number of carboxylic acids is 1. The van der Waals surface area contributed by atoms with Gasteiger partial charge in [-0.15, -0.1) is 0 Å². The Kier molecular flexibility index (Phi) is 3.18. The zero-order valence-electron chi connectivity index (χ0n) is 9.84. The number of rotatable bonds is 4. The van der Waals surface area contributed by atoms with Crippen molar-refractivity contribution in [2.24, 2.45) is 0 Å². The van der Waals surface area contributed by atoms with Crippen LogP contribution in [-0.4, -0.2) is 30.5 Å². The van der Waals surface area contributed by atoms with E-state index in [0.717, 1.165) is 6.26 Å². The lowest BCUT2D eigenvalue weighted by Gasteiger charge is -2.10. The lowest BCUT2D eigenvalue weighted by atomic mass is 10.1. The van der Waals surface area contributed by atoms with E-state index < -0.39 is 5.97 Å². The molecule has 2 aromatic rings. The van der Waals surface area contributed by atoms with Crippen molar-refractivity contribution in [2.75, 3.05) is 14.2 Å². The van der Waals surface area contributed by atoms with Crippen LogP contribution < -0.4 is 9.47 Å². The van der Waals surface area contributed by atoms with Gasteiger partial charge in [0.25, 0.3) is 0 Å². The van der Waals surface area contributed by atoms with Gasteiger partial charge in [0.05, 0.1) is 19.8 Å². The van der Waals surface area contributed by atoms with Crippen LogP contribution in [0.3, 0.4) is 0 Å².